The fourth-order valence-electron chi connectivity index (χ4n) is 2.30. The molecule has 24 heavy (non-hydrogen) atoms. The minimum Gasteiger partial charge on any atom is -0.475 e. The second kappa shape index (κ2) is 9.27. The van der Waals surface area contributed by atoms with Crippen molar-refractivity contribution in [3.63, 3.8) is 0 Å². The standard InChI is InChI=1S/C14H20N2O.C2HF3O2/c15-13(11-12-7-3-1-4-8-12)14(17)16-9-5-2-6-10-16;3-2(4,5)1(6)7/h1,3-4,7-8,13H,2,5-6,9-11,15H2;(H,6,7)/t13-;/m0./s1. The fourth-order valence-corrected chi connectivity index (χ4v) is 2.30. The summed E-state index contributed by atoms with van der Waals surface area (Å²) in [7, 11) is 0. The Morgan fingerprint density at radius 2 is 1.62 bits per heavy atom. The molecule has 3 N–H and O–H groups in total. The quantitative estimate of drug-likeness (QED) is 0.879. The lowest BCUT2D eigenvalue weighted by molar-refractivity contribution is -0.192. The Morgan fingerprint density at radius 1 is 1.12 bits per heavy atom. The van der Waals surface area contributed by atoms with E-state index in [1.54, 1.807) is 0 Å². The lowest BCUT2D eigenvalue weighted by Crippen LogP contribution is -2.46. The number of carbonyl (C=O) groups is 2. The second-order valence-corrected chi connectivity index (χ2v) is 5.49. The summed E-state index contributed by atoms with van der Waals surface area (Å²) in [5, 5.41) is 7.12. The highest BCUT2D eigenvalue weighted by Gasteiger charge is 2.38. The molecule has 1 heterocycles. The molecular formula is C16H21F3N2O3. The predicted octanol–water partition coefficient (Wildman–Crippen LogP) is 2.20. The van der Waals surface area contributed by atoms with Crippen LogP contribution in [0.5, 0.6) is 0 Å². The fraction of sp³-hybridized carbons (Fsp3) is 0.500. The van der Waals surface area contributed by atoms with Crippen molar-refractivity contribution in [2.45, 2.75) is 37.9 Å². The average Bonchev–Trinajstić information content (AvgIpc) is 2.55. The summed E-state index contributed by atoms with van der Waals surface area (Å²) in [5.41, 5.74) is 7.12. The van der Waals surface area contributed by atoms with Gasteiger partial charge in [-0.25, -0.2) is 4.79 Å². The minimum atomic E-state index is -5.08. The molecule has 1 aromatic carbocycles. The van der Waals surface area contributed by atoms with Gasteiger partial charge in [-0.05, 0) is 31.2 Å². The van der Waals surface area contributed by atoms with Gasteiger partial charge in [-0.1, -0.05) is 30.3 Å². The van der Waals surface area contributed by atoms with E-state index in [2.05, 4.69) is 0 Å². The first-order valence-electron chi connectivity index (χ1n) is 7.60. The summed E-state index contributed by atoms with van der Waals surface area (Å²) >= 11 is 0. The highest BCUT2D eigenvalue weighted by atomic mass is 19.4. The lowest BCUT2D eigenvalue weighted by Gasteiger charge is -2.29. The molecule has 1 aromatic rings. The van der Waals surface area contributed by atoms with E-state index in [9.17, 15) is 18.0 Å². The van der Waals surface area contributed by atoms with Gasteiger partial charge in [-0.15, -0.1) is 0 Å². The van der Waals surface area contributed by atoms with Crippen molar-refractivity contribution in [3.8, 4) is 0 Å². The van der Waals surface area contributed by atoms with Crippen LogP contribution in [-0.4, -0.2) is 47.2 Å². The third kappa shape index (κ3) is 6.99. The lowest BCUT2D eigenvalue weighted by atomic mass is 10.0. The Kier molecular flexibility index (Phi) is 7.70. The normalized spacial score (nSPS) is 15.9. The average molecular weight is 346 g/mol. The maximum atomic E-state index is 12.1. The summed E-state index contributed by atoms with van der Waals surface area (Å²) in [6.45, 7) is 1.75. The van der Waals surface area contributed by atoms with Gasteiger partial charge >= 0.3 is 12.1 Å². The smallest absolute Gasteiger partial charge is 0.475 e. The molecule has 134 valence electrons. The Bertz CT molecular complexity index is 529. The van der Waals surface area contributed by atoms with Crippen molar-refractivity contribution in [2.75, 3.05) is 13.1 Å². The summed E-state index contributed by atoms with van der Waals surface area (Å²) in [6, 6.07) is 9.57. The van der Waals surface area contributed by atoms with Crippen LogP contribution in [0.2, 0.25) is 0 Å². The molecule has 1 saturated heterocycles. The number of likely N-dealkylation sites (tertiary alicyclic amines) is 1. The molecule has 0 unspecified atom stereocenters. The van der Waals surface area contributed by atoms with Crippen molar-refractivity contribution in [1.29, 1.82) is 0 Å². The highest BCUT2D eigenvalue weighted by Crippen LogP contribution is 2.13. The molecule has 0 aromatic heterocycles. The van der Waals surface area contributed by atoms with Gasteiger partial charge in [0.1, 0.15) is 0 Å². The first kappa shape index (κ1) is 20.0. The third-order valence-electron chi connectivity index (χ3n) is 3.53. The molecule has 1 aliphatic heterocycles. The van der Waals surface area contributed by atoms with Crippen LogP contribution >= 0.6 is 0 Å². The number of nitrogens with zero attached hydrogens (tertiary/aromatic N) is 1. The van der Waals surface area contributed by atoms with E-state index in [0.29, 0.717) is 6.42 Å². The molecule has 1 atom stereocenters. The number of alkyl halides is 3. The Labute approximate surface area is 138 Å². The van der Waals surface area contributed by atoms with Crippen molar-refractivity contribution in [2.24, 2.45) is 5.73 Å². The van der Waals surface area contributed by atoms with E-state index in [1.807, 2.05) is 35.2 Å². The molecule has 1 amide bonds. The van der Waals surface area contributed by atoms with Gasteiger partial charge in [0, 0.05) is 13.1 Å². The molecule has 5 nitrogen and oxygen atoms in total. The van der Waals surface area contributed by atoms with E-state index in [4.69, 9.17) is 15.6 Å². The largest absolute Gasteiger partial charge is 0.490 e. The maximum Gasteiger partial charge on any atom is 0.490 e. The topological polar surface area (TPSA) is 83.6 Å². The zero-order valence-electron chi connectivity index (χ0n) is 13.1. The zero-order chi connectivity index (χ0) is 18.2. The first-order valence-corrected chi connectivity index (χ1v) is 7.60. The van der Waals surface area contributed by atoms with Crippen LogP contribution in [-0.2, 0) is 16.0 Å². The zero-order valence-corrected chi connectivity index (χ0v) is 13.1. The molecule has 0 saturated carbocycles. The number of amides is 1. The van der Waals surface area contributed by atoms with Crippen LogP contribution in [0.3, 0.4) is 0 Å². The number of nitrogens with two attached hydrogens (primary N) is 1. The van der Waals surface area contributed by atoms with Gasteiger partial charge < -0.3 is 15.7 Å². The van der Waals surface area contributed by atoms with E-state index in [1.165, 1.54) is 6.42 Å². The van der Waals surface area contributed by atoms with Gasteiger partial charge in [-0.2, -0.15) is 13.2 Å². The Balaban J connectivity index is 0.000000351. The Hall–Kier alpha value is -2.09. The van der Waals surface area contributed by atoms with Gasteiger partial charge in [0.2, 0.25) is 5.91 Å². The van der Waals surface area contributed by atoms with Gasteiger partial charge in [0.15, 0.2) is 0 Å². The monoisotopic (exact) mass is 346 g/mol. The highest BCUT2D eigenvalue weighted by molar-refractivity contribution is 5.82. The summed E-state index contributed by atoms with van der Waals surface area (Å²) in [4.78, 5) is 22.9. The van der Waals surface area contributed by atoms with Crippen LogP contribution in [0.4, 0.5) is 13.2 Å². The number of rotatable bonds is 3. The number of aliphatic carboxylic acids is 1. The number of piperidine rings is 1. The Morgan fingerprint density at radius 3 is 2.08 bits per heavy atom. The van der Waals surface area contributed by atoms with Crippen LogP contribution in [0, 0.1) is 0 Å². The number of carboxylic acid groups (broad SMARTS) is 1. The summed E-state index contributed by atoms with van der Waals surface area (Å²) in [5.74, 6) is -2.65. The summed E-state index contributed by atoms with van der Waals surface area (Å²) < 4.78 is 31.7. The molecule has 0 spiro atoms. The maximum absolute atomic E-state index is 12.1. The number of hydrogen-bond acceptors (Lipinski definition) is 3. The van der Waals surface area contributed by atoms with Gasteiger partial charge in [-0.3, -0.25) is 4.79 Å². The molecule has 1 fully saturated rings. The van der Waals surface area contributed by atoms with Gasteiger partial charge in [0.25, 0.3) is 0 Å². The third-order valence-corrected chi connectivity index (χ3v) is 3.53. The number of carboxylic acids is 1. The molecule has 0 aliphatic carbocycles. The second-order valence-electron chi connectivity index (χ2n) is 5.49. The van der Waals surface area contributed by atoms with Gasteiger partial charge in [0.05, 0.1) is 6.04 Å². The molecule has 8 heteroatoms. The number of hydrogen-bond donors (Lipinski definition) is 2. The molecular weight excluding hydrogens is 325 g/mol. The molecule has 0 radical (unpaired) electrons. The van der Waals surface area contributed by atoms with Crippen molar-refractivity contribution >= 4 is 11.9 Å². The van der Waals surface area contributed by atoms with Crippen molar-refractivity contribution in [1.82, 2.24) is 4.90 Å². The first-order chi connectivity index (χ1) is 11.2. The van der Waals surface area contributed by atoms with E-state index < -0.39 is 18.2 Å². The minimum absolute atomic E-state index is 0.105. The predicted molar refractivity (Wildman–Crippen MR) is 82.2 cm³/mol. The van der Waals surface area contributed by atoms with E-state index in [0.717, 1.165) is 31.5 Å². The van der Waals surface area contributed by atoms with Crippen LogP contribution in [0.15, 0.2) is 30.3 Å². The van der Waals surface area contributed by atoms with Crippen LogP contribution < -0.4 is 5.73 Å². The van der Waals surface area contributed by atoms with Crippen LogP contribution in [0.25, 0.3) is 0 Å². The van der Waals surface area contributed by atoms with Crippen molar-refractivity contribution < 1.29 is 27.9 Å². The SMILES string of the molecule is N[C@@H](Cc1ccccc1)C(=O)N1CCCCC1.O=C(O)C(F)(F)F. The molecule has 0 bridgehead atoms. The number of carbonyl (C=O) groups excluding carboxylic acids is 1. The van der Waals surface area contributed by atoms with Crippen LogP contribution in [0.1, 0.15) is 24.8 Å². The number of halogens is 3. The molecule has 1 aliphatic rings. The van der Waals surface area contributed by atoms with Crippen molar-refractivity contribution in [3.05, 3.63) is 35.9 Å². The molecule has 2 rings (SSSR count). The summed E-state index contributed by atoms with van der Waals surface area (Å²) in [6.07, 6.45) is -0.985. The number of benzene rings is 1. The van der Waals surface area contributed by atoms with E-state index >= 15 is 0 Å². The van der Waals surface area contributed by atoms with E-state index in [-0.39, 0.29) is 5.91 Å².